The molecule has 3 N–H and O–H groups in total. The summed E-state index contributed by atoms with van der Waals surface area (Å²) in [7, 11) is 0. The number of furan rings is 1. The van der Waals surface area contributed by atoms with Crippen LogP contribution in [-0.4, -0.2) is 58.3 Å². The molecule has 1 aliphatic heterocycles. The lowest BCUT2D eigenvalue weighted by molar-refractivity contribution is 0.147. The van der Waals surface area contributed by atoms with Crippen molar-refractivity contribution in [2.75, 3.05) is 26.2 Å². The van der Waals surface area contributed by atoms with Gasteiger partial charge in [0.2, 0.25) is 5.82 Å². The van der Waals surface area contributed by atoms with Gasteiger partial charge in [-0.05, 0) is 44.9 Å². The smallest absolute Gasteiger partial charge is 0.216 e. The van der Waals surface area contributed by atoms with E-state index in [9.17, 15) is 0 Å². The summed E-state index contributed by atoms with van der Waals surface area (Å²) in [6.45, 7) is 8.76. The molecule has 27 heavy (non-hydrogen) atoms. The molecule has 0 aromatic carbocycles. The largest absolute Gasteiger partial charge is 0.461 e. The highest BCUT2D eigenvalue weighted by Gasteiger charge is 2.20. The van der Waals surface area contributed by atoms with Gasteiger partial charge in [0.05, 0.1) is 6.26 Å². The van der Waals surface area contributed by atoms with Crippen LogP contribution in [0.1, 0.15) is 45.4 Å². The van der Waals surface area contributed by atoms with Gasteiger partial charge in [0.15, 0.2) is 11.7 Å². The van der Waals surface area contributed by atoms with Crippen molar-refractivity contribution in [2.24, 2.45) is 4.99 Å². The van der Waals surface area contributed by atoms with E-state index >= 15 is 0 Å². The van der Waals surface area contributed by atoms with Crippen LogP contribution in [0.25, 0.3) is 11.6 Å². The van der Waals surface area contributed by atoms with Crippen molar-refractivity contribution in [3.8, 4) is 11.6 Å². The van der Waals surface area contributed by atoms with E-state index in [1.807, 2.05) is 12.1 Å². The molecule has 1 atom stereocenters. The first-order valence-corrected chi connectivity index (χ1v) is 10.0. The average molecular weight is 374 g/mol. The van der Waals surface area contributed by atoms with E-state index in [2.05, 4.69) is 49.6 Å². The van der Waals surface area contributed by atoms with Gasteiger partial charge in [0.1, 0.15) is 12.4 Å². The van der Waals surface area contributed by atoms with E-state index in [4.69, 9.17) is 4.42 Å². The first-order valence-electron chi connectivity index (χ1n) is 10.0. The number of rotatable bonds is 8. The van der Waals surface area contributed by atoms with Crippen molar-refractivity contribution < 1.29 is 4.42 Å². The van der Waals surface area contributed by atoms with Crippen molar-refractivity contribution in [2.45, 2.75) is 52.1 Å². The zero-order valence-corrected chi connectivity index (χ0v) is 16.4. The van der Waals surface area contributed by atoms with Crippen molar-refractivity contribution >= 4 is 5.96 Å². The Labute approximate surface area is 160 Å². The Morgan fingerprint density at radius 2 is 2.30 bits per heavy atom. The topological polar surface area (TPSA) is 94.4 Å². The Kier molecular flexibility index (Phi) is 7.27. The number of nitrogens with zero attached hydrogens (tertiary/aromatic N) is 4. The number of aromatic nitrogens is 3. The Hall–Kier alpha value is -2.35. The van der Waals surface area contributed by atoms with Gasteiger partial charge in [-0.15, -0.1) is 5.10 Å². The predicted octanol–water partition coefficient (Wildman–Crippen LogP) is 2.38. The summed E-state index contributed by atoms with van der Waals surface area (Å²) in [5, 5.41) is 13.8. The summed E-state index contributed by atoms with van der Waals surface area (Å²) in [5.41, 5.74) is 0. The van der Waals surface area contributed by atoms with Gasteiger partial charge in [-0.25, -0.2) is 9.98 Å². The first-order chi connectivity index (χ1) is 13.3. The van der Waals surface area contributed by atoms with Gasteiger partial charge in [0.25, 0.3) is 0 Å². The second-order valence-corrected chi connectivity index (χ2v) is 6.80. The number of aromatic amines is 1. The zero-order valence-electron chi connectivity index (χ0n) is 16.4. The van der Waals surface area contributed by atoms with Gasteiger partial charge in [0, 0.05) is 25.7 Å². The molecule has 1 saturated heterocycles. The maximum atomic E-state index is 5.32. The van der Waals surface area contributed by atoms with Crippen LogP contribution in [0.3, 0.4) is 0 Å². The van der Waals surface area contributed by atoms with Gasteiger partial charge >= 0.3 is 0 Å². The lowest BCUT2D eigenvalue weighted by Gasteiger charge is -2.35. The third-order valence-electron chi connectivity index (χ3n) is 4.92. The Morgan fingerprint density at radius 3 is 3.07 bits per heavy atom. The van der Waals surface area contributed by atoms with Crippen LogP contribution in [-0.2, 0) is 6.54 Å². The molecule has 148 valence electrons. The van der Waals surface area contributed by atoms with E-state index in [-0.39, 0.29) is 0 Å². The van der Waals surface area contributed by atoms with Crippen LogP contribution in [0.5, 0.6) is 0 Å². The van der Waals surface area contributed by atoms with Gasteiger partial charge in [-0.3, -0.25) is 10.00 Å². The number of nitrogens with one attached hydrogen (secondary N) is 3. The Balaban J connectivity index is 1.50. The molecule has 0 aliphatic carbocycles. The van der Waals surface area contributed by atoms with Crippen molar-refractivity contribution in [3.05, 3.63) is 24.2 Å². The fourth-order valence-corrected chi connectivity index (χ4v) is 3.51. The molecule has 1 aliphatic rings. The second-order valence-electron chi connectivity index (χ2n) is 6.80. The van der Waals surface area contributed by atoms with E-state index in [1.165, 1.54) is 32.2 Å². The molecule has 8 nitrogen and oxygen atoms in total. The van der Waals surface area contributed by atoms with Gasteiger partial charge in [-0.2, -0.15) is 0 Å². The maximum Gasteiger partial charge on any atom is 0.216 e. The van der Waals surface area contributed by atoms with E-state index in [1.54, 1.807) is 6.26 Å². The van der Waals surface area contributed by atoms with Gasteiger partial charge < -0.3 is 15.1 Å². The molecular weight excluding hydrogens is 342 g/mol. The monoisotopic (exact) mass is 373 g/mol. The predicted molar refractivity (Wildman–Crippen MR) is 106 cm³/mol. The highest BCUT2D eigenvalue weighted by molar-refractivity contribution is 5.79. The van der Waals surface area contributed by atoms with Crippen molar-refractivity contribution in [3.63, 3.8) is 0 Å². The quantitative estimate of drug-likeness (QED) is 0.486. The van der Waals surface area contributed by atoms with Crippen molar-refractivity contribution in [1.29, 1.82) is 0 Å². The molecule has 2 aromatic heterocycles. The highest BCUT2D eigenvalue weighted by atomic mass is 16.3. The van der Waals surface area contributed by atoms with Crippen LogP contribution >= 0.6 is 0 Å². The summed E-state index contributed by atoms with van der Waals surface area (Å²) < 4.78 is 5.32. The SMILES string of the molecule is CCNC(=NCc1nc(-c2ccco2)n[nH]1)NCCN1CCCCC1CC. The summed E-state index contributed by atoms with van der Waals surface area (Å²) in [5.74, 6) is 2.72. The number of hydrogen-bond acceptors (Lipinski definition) is 5. The molecule has 0 radical (unpaired) electrons. The number of piperidine rings is 1. The summed E-state index contributed by atoms with van der Waals surface area (Å²) >= 11 is 0. The molecule has 3 heterocycles. The van der Waals surface area contributed by atoms with Crippen LogP contribution in [0.2, 0.25) is 0 Å². The molecule has 8 heteroatoms. The lowest BCUT2D eigenvalue weighted by Crippen LogP contribution is -2.45. The minimum Gasteiger partial charge on any atom is -0.461 e. The van der Waals surface area contributed by atoms with E-state index in [0.29, 0.717) is 24.0 Å². The third kappa shape index (κ3) is 5.56. The Bertz CT molecular complexity index is 695. The molecule has 3 rings (SSSR count). The number of likely N-dealkylation sites (tertiary alicyclic amines) is 1. The molecule has 1 unspecified atom stereocenters. The average Bonchev–Trinajstić information content (AvgIpc) is 3.38. The van der Waals surface area contributed by atoms with Crippen LogP contribution < -0.4 is 10.6 Å². The highest BCUT2D eigenvalue weighted by Crippen LogP contribution is 2.18. The fraction of sp³-hybridized carbons (Fsp3) is 0.632. The van der Waals surface area contributed by atoms with Crippen LogP contribution in [0.4, 0.5) is 0 Å². The molecule has 2 aromatic rings. The molecular formula is C19H31N7O. The minimum atomic E-state index is 0.435. The third-order valence-corrected chi connectivity index (χ3v) is 4.92. The number of guanidine groups is 1. The normalized spacial score (nSPS) is 18.6. The molecule has 0 amide bonds. The van der Waals surface area contributed by atoms with E-state index in [0.717, 1.165) is 31.6 Å². The standard InChI is InChI=1S/C19H31N7O/c1-3-15-8-5-6-11-26(15)12-10-21-19(20-4-2)22-14-17-23-18(25-24-17)16-9-7-13-27-16/h7,9,13,15H,3-6,8,10-12,14H2,1-2H3,(H2,20,21,22)(H,23,24,25). The molecule has 0 saturated carbocycles. The summed E-state index contributed by atoms with van der Waals surface area (Å²) in [4.78, 5) is 11.6. The van der Waals surface area contributed by atoms with Crippen LogP contribution in [0.15, 0.2) is 27.8 Å². The second kappa shape index (κ2) is 10.1. The Morgan fingerprint density at radius 1 is 1.37 bits per heavy atom. The zero-order chi connectivity index (χ0) is 18.9. The molecule has 0 bridgehead atoms. The maximum absolute atomic E-state index is 5.32. The summed E-state index contributed by atoms with van der Waals surface area (Å²) in [6, 6.07) is 4.39. The van der Waals surface area contributed by atoms with E-state index < -0.39 is 0 Å². The molecule has 1 fully saturated rings. The molecule has 0 spiro atoms. The number of aliphatic imine (C=N–C) groups is 1. The fourth-order valence-electron chi connectivity index (χ4n) is 3.51. The summed E-state index contributed by atoms with van der Waals surface area (Å²) in [6.07, 6.45) is 6.85. The van der Waals surface area contributed by atoms with Crippen LogP contribution in [0, 0.1) is 0 Å². The minimum absolute atomic E-state index is 0.435. The lowest BCUT2D eigenvalue weighted by atomic mass is 10.0. The van der Waals surface area contributed by atoms with Gasteiger partial charge in [-0.1, -0.05) is 13.3 Å². The number of hydrogen-bond donors (Lipinski definition) is 3. The number of H-pyrrole nitrogens is 1. The first kappa shape index (κ1) is 19.4. The van der Waals surface area contributed by atoms with Crippen molar-refractivity contribution in [1.82, 2.24) is 30.7 Å².